The van der Waals surface area contributed by atoms with E-state index in [1.54, 1.807) is 34.9 Å². The fourth-order valence-electron chi connectivity index (χ4n) is 3.64. The summed E-state index contributed by atoms with van der Waals surface area (Å²) in [5.74, 6) is -0.728. The number of fused-ring (bicyclic) bond motifs is 1. The van der Waals surface area contributed by atoms with Crippen molar-refractivity contribution < 1.29 is 24.6 Å². The number of aliphatic hydroxyl groups excluding tert-OH is 1. The number of aromatic nitrogens is 3. The van der Waals surface area contributed by atoms with Gasteiger partial charge in [0, 0.05) is 25.1 Å². The molecule has 12 heteroatoms. The van der Waals surface area contributed by atoms with Gasteiger partial charge in [0.1, 0.15) is 22.7 Å². The Bertz CT molecular complexity index is 1050. The Morgan fingerprint density at radius 1 is 1.34 bits per heavy atom. The molecule has 1 aromatic heterocycles. The molecule has 4 rings (SSSR count). The summed E-state index contributed by atoms with van der Waals surface area (Å²) in [5.41, 5.74) is -0.703. The first kappa shape index (κ1) is 22.6. The molecule has 2 fully saturated rings. The highest BCUT2D eigenvalue weighted by atomic mass is 32.2. The molecule has 3 N–H and O–H groups in total. The van der Waals surface area contributed by atoms with Gasteiger partial charge >= 0.3 is 5.97 Å². The van der Waals surface area contributed by atoms with Gasteiger partial charge in [0.2, 0.25) is 5.91 Å². The van der Waals surface area contributed by atoms with Crippen molar-refractivity contribution in [2.24, 2.45) is 12.5 Å². The lowest BCUT2D eigenvalue weighted by Gasteiger charge is -2.53. The largest absolute Gasteiger partial charge is 0.481 e. The van der Waals surface area contributed by atoms with Gasteiger partial charge in [-0.2, -0.15) is 0 Å². The van der Waals surface area contributed by atoms with Gasteiger partial charge in [-0.1, -0.05) is 42.1 Å². The van der Waals surface area contributed by atoms with Crippen LogP contribution >= 0.6 is 23.5 Å². The third-order valence-electron chi connectivity index (χ3n) is 5.79. The number of carbonyl (C=O) groups excluding carboxylic acids is 2. The molecular formula is C20H23N5O5S2. The van der Waals surface area contributed by atoms with E-state index in [4.69, 9.17) is 0 Å². The lowest BCUT2D eigenvalue weighted by Crippen LogP contribution is -2.74. The van der Waals surface area contributed by atoms with E-state index in [-0.39, 0.29) is 29.3 Å². The van der Waals surface area contributed by atoms with E-state index in [0.29, 0.717) is 10.7 Å². The number of β-lactam (4-membered cyclic amide) rings is 1. The molecule has 0 spiro atoms. The number of nitrogens with one attached hydrogen (secondary N) is 1. The maximum absolute atomic E-state index is 12.7. The number of nitrogens with zero attached hydrogens (tertiary/aromatic N) is 4. The second-order valence-electron chi connectivity index (χ2n) is 7.93. The molecule has 10 nitrogen and oxygen atoms in total. The van der Waals surface area contributed by atoms with Crippen LogP contribution in [0.4, 0.5) is 0 Å². The van der Waals surface area contributed by atoms with Crippen LogP contribution in [0.3, 0.4) is 0 Å². The summed E-state index contributed by atoms with van der Waals surface area (Å²) in [6.07, 6.45) is -1.38. The van der Waals surface area contributed by atoms with E-state index >= 15 is 0 Å². The fraction of sp³-hybridized carbons (Fsp3) is 0.450. The molecule has 0 aliphatic carbocycles. The monoisotopic (exact) mass is 477 g/mol. The van der Waals surface area contributed by atoms with E-state index in [2.05, 4.69) is 15.5 Å². The van der Waals surface area contributed by atoms with Crippen LogP contribution in [0.5, 0.6) is 0 Å². The second-order valence-corrected chi connectivity index (χ2v) is 9.98. The smallest absolute Gasteiger partial charge is 0.313 e. The van der Waals surface area contributed by atoms with Gasteiger partial charge in [-0.05, 0) is 12.5 Å². The van der Waals surface area contributed by atoms with E-state index in [9.17, 15) is 24.6 Å². The third kappa shape index (κ3) is 3.97. The Morgan fingerprint density at radius 2 is 2.06 bits per heavy atom. The van der Waals surface area contributed by atoms with E-state index in [1.807, 2.05) is 14.0 Å². The number of carbonyl (C=O) groups is 3. The zero-order valence-corrected chi connectivity index (χ0v) is 19.1. The number of rotatable bonds is 7. The Hall–Kier alpha value is -2.57. The van der Waals surface area contributed by atoms with Crippen LogP contribution in [0.1, 0.15) is 17.5 Å². The number of carboxylic acid groups (broad SMARTS) is 1. The number of benzene rings is 1. The van der Waals surface area contributed by atoms with Crippen LogP contribution in [0.25, 0.3) is 0 Å². The van der Waals surface area contributed by atoms with Crippen LogP contribution in [-0.4, -0.2) is 77.1 Å². The highest BCUT2D eigenvalue weighted by Gasteiger charge is 2.57. The lowest BCUT2D eigenvalue weighted by molar-refractivity contribution is -0.158. The summed E-state index contributed by atoms with van der Waals surface area (Å²) in [6, 6.07) is 7.68. The number of carboxylic acids is 1. The maximum Gasteiger partial charge on any atom is 0.313 e. The first-order valence-electron chi connectivity index (χ1n) is 9.91. The van der Waals surface area contributed by atoms with Crippen molar-refractivity contribution in [1.82, 2.24) is 25.0 Å². The molecule has 2 aromatic rings. The van der Waals surface area contributed by atoms with Crippen LogP contribution in [0, 0.1) is 12.3 Å². The maximum atomic E-state index is 12.7. The summed E-state index contributed by atoms with van der Waals surface area (Å²) in [6.45, 7) is 1.86. The van der Waals surface area contributed by atoms with Crippen molar-refractivity contribution in [3.8, 4) is 0 Å². The molecule has 0 bridgehead atoms. The molecule has 3 heterocycles. The van der Waals surface area contributed by atoms with E-state index in [0.717, 1.165) is 5.82 Å². The number of hydrogen-bond acceptors (Lipinski definition) is 8. The van der Waals surface area contributed by atoms with Crippen molar-refractivity contribution in [3.63, 3.8) is 0 Å². The van der Waals surface area contributed by atoms with Crippen LogP contribution < -0.4 is 5.32 Å². The molecule has 4 atom stereocenters. The predicted octanol–water partition coefficient (Wildman–Crippen LogP) is 0.420. The van der Waals surface area contributed by atoms with Gasteiger partial charge in [-0.15, -0.1) is 22.0 Å². The Balaban J connectivity index is 1.40. The zero-order chi connectivity index (χ0) is 23.0. The molecule has 3 unspecified atom stereocenters. The summed E-state index contributed by atoms with van der Waals surface area (Å²) < 4.78 is 1.79. The summed E-state index contributed by atoms with van der Waals surface area (Å²) in [4.78, 5) is 38.8. The van der Waals surface area contributed by atoms with Gasteiger partial charge in [0.15, 0.2) is 11.3 Å². The standard InChI is InChI=1S/C20H23N5O5S2/c1-11-22-23-19(24(11)2)32-10-20(18(29)30)8-25-16(28)13(17(25)31-9-20)21-15(27)14(26)12-6-4-3-5-7-12/h3-7,13-14,17,26H,8-10H2,1-2H3,(H,21,27)(H,29,30)/t13?,14?,17-,20?/m1/s1. The first-order valence-corrected chi connectivity index (χ1v) is 11.9. The summed E-state index contributed by atoms with van der Waals surface area (Å²) >= 11 is 2.62. The highest BCUT2D eigenvalue weighted by Crippen LogP contribution is 2.44. The molecule has 2 aliphatic heterocycles. The predicted molar refractivity (Wildman–Crippen MR) is 118 cm³/mol. The lowest BCUT2D eigenvalue weighted by atomic mass is 9.89. The Morgan fingerprint density at radius 3 is 2.69 bits per heavy atom. The molecule has 2 saturated heterocycles. The Labute approximate surface area is 192 Å². The van der Waals surface area contributed by atoms with Gasteiger partial charge in [0.25, 0.3) is 5.91 Å². The minimum Gasteiger partial charge on any atom is -0.481 e. The third-order valence-corrected chi connectivity index (χ3v) is 8.69. The first-order chi connectivity index (χ1) is 15.2. The number of aliphatic hydroxyl groups is 1. The SMILES string of the molecule is Cc1nnc(SCC2(C(=O)O)CS[C@@H]3C(NC(=O)C(O)c4ccccc4)C(=O)N3C2)n1C. The van der Waals surface area contributed by atoms with Gasteiger partial charge in [0.05, 0.1) is 0 Å². The second kappa shape index (κ2) is 8.75. The van der Waals surface area contributed by atoms with Crippen molar-refractivity contribution in [2.75, 3.05) is 18.1 Å². The van der Waals surface area contributed by atoms with Crippen molar-refractivity contribution in [3.05, 3.63) is 41.7 Å². The fourth-order valence-corrected chi connectivity index (χ4v) is 6.46. The van der Waals surface area contributed by atoms with Gasteiger partial charge in [-0.3, -0.25) is 14.4 Å². The molecule has 0 saturated carbocycles. The van der Waals surface area contributed by atoms with Crippen LogP contribution in [0.15, 0.2) is 35.5 Å². The van der Waals surface area contributed by atoms with Crippen molar-refractivity contribution in [1.29, 1.82) is 0 Å². The topological polar surface area (TPSA) is 138 Å². The molecule has 0 radical (unpaired) electrons. The number of thioether (sulfide) groups is 2. The van der Waals surface area contributed by atoms with E-state index in [1.165, 1.54) is 28.4 Å². The molecule has 2 aliphatic rings. The molecule has 2 amide bonds. The van der Waals surface area contributed by atoms with Gasteiger partial charge < -0.3 is 25.0 Å². The highest BCUT2D eigenvalue weighted by molar-refractivity contribution is 8.00. The number of aliphatic carboxylic acids is 1. The van der Waals surface area contributed by atoms with Crippen molar-refractivity contribution >= 4 is 41.3 Å². The normalized spacial score (nSPS) is 25.6. The quantitative estimate of drug-likeness (QED) is 0.383. The summed E-state index contributed by atoms with van der Waals surface area (Å²) in [7, 11) is 1.81. The number of amides is 2. The molecular weight excluding hydrogens is 454 g/mol. The molecule has 32 heavy (non-hydrogen) atoms. The Kier molecular flexibility index (Phi) is 6.19. The zero-order valence-electron chi connectivity index (χ0n) is 17.5. The van der Waals surface area contributed by atoms with Crippen LogP contribution in [0.2, 0.25) is 0 Å². The van der Waals surface area contributed by atoms with Gasteiger partial charge in [-0.25, -0.2) is 0 Å². The molecule has 170 valence electrons. The van der Waals surface area contributed by atoms with Crippen LogP contribution in [-0.2, 0) is 21.4 Å². The minimum absolute atomic E-state index is 0.0519. The number of aryl methyl sites for hydroxylation is 1. The minimum atomic E-state index is -1.38. The summed E-state index contributed by atoms with van der Waals surface area (Å²) in [5, 5.41) is 31.1. The number of hydrogen-bond donors (Lipinski definition) is 3. The average Bonchev–Trinajstić information content (AvgIpc) is 3.13. The van der Waals surface area contributed by atoms with Crippen molar-refractivity contribution in [2.45, 2.75) is 29.6 Å². The van der Waals surface area contributed by atoms with E-state index < -0.39 is 29.4 Å². The molecule has 1 aromatic carbocycles. The average molecular weight is 478 g/mol.